The molecule has 3 aromatic heterocycles. The van der Waals surface area contributed by atoms with E-state index in [1.54, 1.807) is 25.4 Å². The Labute approximate surface area is 209 Å². The maximum absolute atomic E-state index is 12.1. The summed E-state index contributed by atoms with van der Waals surface area (Å²) in [4.78, 5) is 27.2. The van der Waals surface area contributed by atoms with Crippen LogP contribution in [0, 0.1) is 17.2 Å². The van der Waals surface area contributed by atoms with Crippen LogP contribution in [0.25, 0.3) is 0 Å². The summed E-state index contributed by atoms with van der Waals surface area (Å²) in [6.45, 7) is 1.67. The van der Waals surface area contributed by atoms with E-state index in [1.165, 1.54) is 12.4 Å². The normalized spacial score (nSPS) is 17.3. The number of methoxy groups -OCH3 is 1. The second-order valence-corrected chi connectivity index (χ2v) is 8.53. The summed E-state index contributed by atoms with van der Waals surface area (Å²) in [6.07, 6.45) is 5.37. The largest absolute Gasteiger partial charge is 0.396 e. The fraction of sp³-hybridized carbons (Fsp3) is 0.320. The fourth-order valence-corrected chi connectivity index (χ4v) is 4.18. The van der Waals surface area contributed by atoms with Crippen molar-refractivity contribution in [3.8, 4) is 6.07 Å². The van der Waals surface area contributed by atoms with Gasteiger partial charge in [-0.3, -0.25) is 4.79 Å². The van der Waals surface area contributed by atoms with Crippen molar-refractivity contribution in [1.82, 2.24) is 15.0 Å². The van der Waals surface area contributed by atoms with E-state index in [9.17, 15) is 9.90 Å². The third kappa shape index (κ3) is 5.86. The molecule has 11 nitrogen and oxygen atoms in total. The van der Waals surface area contributed by atoms with Crippen LogP contribution in [0.1, 0.15) is 27.9 Å². The lowest BCUT2D eigenvalue weighted by molar-refractivity contribution is 0.100. The number of anilines is 4. The van der Waals surface area contributed by atoms with E-state index in [2.05, 4.69) is 36.6 Å². The minimum Gasteiger partial charge on any atom is -0.396 e. The Balaban J connectivity index is 1.49. The number of aliphatic hydroxyl groups excluding tert-OH is 1. The van der Waals surface area contributed by atoms with Crippen molar-refractivity contribution in [3.05, 3.63) is 65.6 Å². The lowest BCUT2D eigenvalue weighted by atomic mass is 9.92. The van der Waals surface area contributed by atoms with Gasteiger partial charge < -0.3 is 31.1 Å². The number of piperidine rings is 1. The number of amides is 1. The minimum absolute atomic E-state index is 0.0513. The number of carbonyl (C=O) groups excluding carboxylic acids is 1. The Hall–Kier alpha value is -4.27. The van der Waals surface area contributed by atoms with Crippen molar-refractivity contribution in [3.63, 3.8) is 0 Å². The third-order valence-corrected chi connectivity index (χ3v) is 6.07. The number of nitrogens with two attached hydrogens (primary N) is 1. The molecule has 0 saturated carbocycles. The number of aliphatic hydroxyl groups is 1. The van der Waals surface area contributed by atoms with Crippen LogP contribution in [0.2, 0.25) is 0 Å². The summed E-state index contributed by atoms with van der Waals surface area (Å²) >= 11 is 0. The van der Waals surface area contributed by atoms with Crippen molar-refractivity contribution in [2.45, 2.75) is 19.1 Å². The molecule has 0 aliphatic carbocycles. The van der Waals surface area contributed by atoms with Crippen molar-refractivity contribution >= 4 is 29.0 Å². The van der Waals surface area contributed by atoms with E-state index in [-0.39, 0.29) is 24.1 Å². The number of hydrogen-bond acceptors (Lipinski definition) is 10. The van der Waals surface area contributed by atoms with Crippen LogP contribution in [0.15, 0.2) is 48.9 Å². The molecule has 5 N–H and O–H groups in total. The molecule has 1 aliphatic heterocycles. The first-order valence-corrected chi connectivity index (χ1v) is 11.5. The molecule has 1 amide bonds. The van der Waals surface area contributed by atoms with E-state index in [4.69, 9.17) is 15.7 Å². The predicted octanol–water partition coefficient (Wildman–Crippen LogP) is 2.03. The van der Waals surface area contributed by atoms with E-state index in [1.807, 2.05) is 18.2 Å². The second-order valence-electron chi connectivity index (χ2n) is 8.53. The standard InChI is InChI=1S/C25H28N8O3/c1-36-15-17-2-4-22(28-11-17)32-23-8-21(19(12-29-23)25(27)35)31-20-6-7-33(13-18(20)14-34)24-5-3-16(9-26)10-30-24/h2-5,8,10-12,18,20,34H,6-7,13-15H2,1H3,(H2,27,35)(H2,28,29,31,32)/t18-,20-/m1/s1. The molecule has 4 heterocycles. The number of nitrogens with one attached hydrogen (secondary N) is 2. The molecule has 0 bridgehead atoms. The quantitative estimate of drug-likeness (QED) is 0.350. The maximum atomic E-state index is 12.1. The SMILES string of the molecule is COCc1ccc(Nc2cc(N[C@@H]3CCN(c4ccc(C#N)cn4)C[C@@H]3CO)c(C(N)=O)cn2)nc1. The van der Waals surface area contributed by atoms with Gasteiger partial charge in [0.2, 0.25) is 0 Å². The fourth-order valence-electron chi connectivity index (χ4n) is 4.18. The van der Waals surface area contributed by atoms with Crippen molar-refractivity contribution < 1.29 is 14.6 Å². The smallest absolute Gasteiger partial charge is 0.252 e. The van der Waals surface area contributed by atoms with Crippen molar-refractivity contribution in [2.24, 2.45) is 11.7 Å². The summed E-state index contributed by atoms with van der Waals surface area (Å²) in [5, 5.41) is 25.6. The Morgan fingerprint density at radius 1 is 1.22 bits per heavy atom. The first kappa shape index (κ1) is 24.8. The third-order valence-electron chi connectivity index (χ3n) is 6.07. The van der Waals surface area contributed by atoms with E-state index >= 15 is 0 Å². The summed E-state index contributed by atoms with van der Waals surface area (Å²) in [5.41, 5.74) is 7.84. The number of nitriles is 1. The molecule has 1 aliphatic rings. The average molecular weight is 489 g/mol. The maximum Gasteiger partial charge on any atom is 0.252 e. The van der Waals surface area contributed by atoms with E-state index in [0.29, 0.717) is 49.0 Å². The molecule has 3 aromatic rings. The molecule has 2 atom stereocenters. The van der Waals surface area contributed by atoms with Gasteiger partial charge in [0.15, 0.2) is 0 Å². The molecule has 1 fully saturated rings. The van der Waals surface area contributed by atoms with Gasteiger partial charge in [-0.2, -0.15) is 5.26 Å². The van der Waals surface area contributed by atoms with E-state index in [0.717, 1.165) is 11.4 Å². The zero-order chi connectivity index (χ0) is 25.5. The predicted molar refractivity (Wildman–Crippen MR) is 135 cm³/mol. The van der Waals surface area contributed by atoms with Crippen molar-refractivity contribution in [1.29, 1.82) is 5.26 Å². The summed E-state index contributed by atoms with van der Waals surface area (Å²) in [6, 6.07) is 10.9. The number of carbonyl (C=O) groups is 1. The van der Waals surface area contributed by atoms with Gasteiger partial charge in [0.25, 0.3) is 5.91 Å². The van der Waals surface area contributed by atoms with Gasteiger partial charge in [-0.15, -0.1) is 0 Å². The van der Waals surface area contributed by atoms with Crippen LogP contribution < -0.4 is 21.3 Å². The van der Waals surface area contributed by atoms with Gasteiger partial charge >= 0.3 is 0 Å². The lowest BCUT2D eigenvalue weighted by Crippen LogP contribution is -2.48. The number of hydrogen-bond donors (Lipinski definition) is 4. The Bertz CT molecular complexity index is 1230. The number of ether oxygens (including phenoxy) is 1. The zero-order valence-electron chi connectivity index (χ0n) is 19.9. The Morgan fingerprint density at radius 2 is 2.06 bits per heavy atom. The highest BCUT2D eigenvalue weighted by atomic mass is 16.5. The molecule has 0 radical (unpaired) electrons. The van der Waals surface area contributed by atoms with E-state index < -0.39 is 5.91 Å². The molecule has 0 unspecified atom stereocenters. The lowest BCUT2D eigenvalue weighted by Gasteiger charge is -2.39. The van der Waals surface area contributed by atoms with Crippen LogP contribution in [0.5, 0.6) is 0 Å². The first-order chi connectivity index (χ1) is 17.5. The number of pyridine rings is 3. The Morgan fingerprint density at radius 3 is 2.69 bits per heavy atom. The molecule has 0 aromatic carbocycles. The van der Waals surface area contributed by atoms with Crippen LogP contribution >= 0.6 is 0 Å². The van der Waals surface area contributed by atoms with Crippen LogP contribution in [0.4, 0.5) is 23.1 Å². The number of aromatic nitrogens is 3. The molecular formula is C25H28N8O3. The van der Waals surface area contributed by atoms with Gasteiger partial charge in [-0.25, -0.2) is 15.0 Å². The minimum atomic E-state index is -0.599. The van der Waals surface area contributed by atoms with Crippen LogP contribution in [-0.4, -0.2) is 58.8 Å². The van der Waals surface area contributed by atoms with Gasteiger partial charge in [0, 0.05) is 63.4 Å². The second kappa shape index (κ2) is 11.4. The zero-order valence-corrected chi connectivity index (χ0v) is 19.9. The Kier molecular flexibility index (Phi) is 7.89. The van der Waals surface area contributed by atoms with Crippen LogP contribution in [0.3, 0.4) is 0 Å². The average Bonchev–Trinajstić information content (AvgIpc) is 2.90. The topological polar surface area (TPSA) is 162 Å². The molecule has 186 valence electrons. The highest BCUT2D eigenvalue weighted by Crippen LogP contribution is 2.28. The number of nitrogens with zero attached hydrogens (tertiary/aromatic N) is 5. The summed E-state index contributed by atoms with van der Waals surface area (Å²) in [7, 11) is 1.63. The number of rotatable bonds is 9. The highest BCUT2D eigenvalue weighted by Gasteiger charge is 2.30. The highest BCUT2D eigenvalue weighted by molar-refractivity contribution is 5.98. The first-order valence-electron chi connectivity index (χ1n) is 11.5. The molecule has 36 heavy (non-hydrogen) atoms. The van der Waals surface area contributed by atoms with Crippen molar-refractivity contribution in [2.75, 3.05) is 42.3 Å². The summed E-state index contributed by atoms with van der Waals surface area (Å²) in [5.74, 6) is 1.11. The molecule has 4 rings (SSSR count). The van der Waals surface area contributed by atoms with Crippen LogP contribution in [-0.2, 0) is 11.3 Å². The molecular weight excluding hydrogens is 460 g/mol. The summed E-state index contributed by atoms with van der Waals surface area (Å²) < 4.78 is 5.11. The van der Waals surface area contributed by atoms with Gasteiger partial charge in [0.05, 0.1) is 23.4 Å². The number of primary amides is 1. The monoisotopic (exact) mass is 488 g/mol. The van der Waals surface area contributed by atoms with Gasteiger partial charge in [0.1, 0.15) is 23.5 Å². The molecule has 1 saturated heterocycles. The van der Waals surface area contributed by atoms with Gasteiger partial charge in [-0.1, -0.05) is 6.07 Å². The molecule has 11 heteroatoms. The molecule has 0 spiro atoms. The van der Waals surface area contributed by atoms with Gasteiger partial charge in [-0.05, 0) is 30.2 Å².